The minimum atomic E-state index is -0.224. The van der Waals surface area contributed by atoms with Crippen LogP contribution in [0.1, 0.15) is 58.8 Å². The van der Waals surface area contributed by atoms with Crippen LogP contribution in [0.2, 0.25) is 0 Å². The van der Waals surface area contributed by atoms with Crippen LogP contribution in [0, 0.1) is 0 Å². The van der Waals surface area contributed by atoms with Crippen LogP contribution in [0.25, 0.3) is 0 Å². The third-order valence-corrected chi connectivity index (χ3v) is 5.92. The predicted molar refractivity (Wildman–Crippen MR) is 132 cm³/mol. The van der Waals surface area contributed by atoms with Crippen molar-refractivity contribution in [2.45, 2.75) is 64.0 Å². The summed E-state index contributed by atoms with van der Waals surface area (Å²) in [6.07, 6.45) is 1.86. The number of nitrogens with one attached hydrogen (secondary N) is 2. The van der Waals surface area contributed by atoms with Gasteiger partial charge in [-0.05, 0) is 31.5 Å². The van der Waals surface area contributed by atoms with Crippen molar-refractivity contribution >= 4 is 23.5 Å². The van der Waals surface area contributed by atoms with E-state index >= 15 is 0 Å². The van der Waals surface area contributed by atoms with Gasteiger partial charge in [0.25, 0.3) is 0 Å². The number of aromatic nitrogens is 2. The quantitative estimate of drug-likeness (QED) is 0.475. The number of fused-ring (bicyclic) bond motifs is 1. The third-order valence-electron chi connectivity index (χ3n) is 4.69. The molecule has 2 N–H and O–H groups in total. The Hall–Kier alpha value is -2.73. The van der Waals surface area contributed by atoms with E-state index in [0.29, 0.717) is 6.54 Å². The molecule has 1 aromatic heterocycles. The fourth-order valence-corrected chi connectivity index (χ4v) is 4.77. The van der Waals surface area contributed by atoms with E-state index < -0.39 is 0 Å². The lowest BCUT2D eigenvalue weighted by molar-refractivity contribution is 0.251. The topological polar surface area (TPSA) is 59.0 Å². The van der Waals surface area contributed by atoms with Crippen molar-refractivity contribution in [2.75, 3.05) is 5.32 Å². The molecule has 2 aromatic carbocycles. The van der Waals surface area contributed by atoms with Crippen LogP contribution >= 0.6 is 11.8 Å². The number of para-hydroxylation sites is 1. The molecular weight excluding hydrogens is 404 g/mol. The highest BCUT2D eigenvalue weighted by Crippen LogP contribution is 2.51. The highest BCUT2D eigenvalue weighted by atomic mass is 32.2. The highest BCUT2D eigenvalue weighted by Gasteiger charge is 2.42. The van der Waals surface area contributed by atoms with Gasteiger partial charge < -0.3 is 15.2 Å². The number of anilines is 1. The molecule has 0 bridgehead atoms. The first-order valence-electron chi connectivity index (χ1n) is 10.9. The Morgan fingerprint density at radius 2 is 1.58 bits per heavy atom. The monoisotopic (exact) mass is 438 g/mol. The number of hydrogen-bond donors (Lipinski definition) is 2. The Morgan fingerprint density at radius 1 is 1.00 bits per heavy atom. The highest BCUT2D eigenvalue weighted by molar-refractivity contribution is 8.00. The number of carbonyl (C=O) groups excluding carboxylic acids is 1. The second kappa shape index (κ2) is 11.6. The van der Waals surface area contributed by atoms with Crippen LogP contribution in [0.3, 0.4) is 0 Å². The van der Waals surface area contributed by atoms with Crippen LogP contribution in [-0.2, 0) is 6.54 Å². The summed E-state index contributed by atoms with van der Waals surface area (Å²) in [7, 11) is 0. The SMILES string of the molecule is CC.CC.CC1(C)Sc2ncc(CNC(=O)Nc3ccccc3)n2C1c1ccccc1. The zero-order chi connectivity index (χ0) is 22.9. The number of benzene rings is 2. The van der Waals surface area contributed by atoms with E-state index in [1.807, 2.05) is 70.3 Å². The molecule has 2 heterocycles. The summed E-state index contributed by atoms with van der Waals surface area (Å²) in [6.45, 7) is 12.9. The van der Waals surface area contributed by atoms with Crippen LogP contribution in [-0.4, -0.2) is 20.3 Å². The van der Waals surface area contributed by atoms with Gasteiger partial charge >= 0.3 is 6.03 Å². The van der Waals surface area contributed by atoms with E-state index in [4.69, 9.17) is 0 Å². The average Bonchev–Trinajstić information content (AvgIpc) is 3.30. The smallest absolute Gasteiger partial charge is 0.319 e. The van der Waals surface area contributed by atoms with Crippen LogP contribution in [0.15, 0.2) is 72.0 Å². The molecule has 0 saturated heterocycles. The molecule has 0 saturated carbocycles. The number of thioether (sulfide) groups is 1. The average molecular weight is 439 g/mol. The normalized spacial score (nSPS) is 15.5. The van der Waals surface area contributed by atoms with Crippen molar-refractivity contribution in [1.29, 1.82) is 0 Å². The second-order valence-corrected chi connectivity index (χ2v) is 8.72. The summed E-state index contributed by atoms with van der Waals surface area (Å²) in [6, 6.07) is 19.8. The van der Waals surface area contributed by atoms with Gasteiger partial charge in [-0.3, -0.25) is 0 Å². The van der Waals surface area contributed by atoms with Crippen LogP contribution < -0.4 is 10.6 Å². The van der Waals surface area contributed by atoms with E-state index in [0.717, 1.165) is 16.5 Å². The first kappa shape index (κ1) is 24.5. The molecule has 166 valence electrons. The standard InChI is InChI=1S/C21H22N4OS.2C2H6/c1-21(2)18(15-9-5-3-6-10-15)25-17(14-23-20(25)27-21)13-22-19(26)24-16-11-7-4-8-12-16;2*1-2/h3-12,14,18H,13H2,1-2H3,(H2,22,24,26);2*1-2H3. The number of imidazole rings is 1. The van der Waals surface area contributed by atoms with Gasteiger partial charge in [-0.1, -0.05) is 88.0 Å². The molecule has 0 radical (unpaired) electrons. The molecule has 0 fully saturated rings. The van der Waals surface area contributed by atoms with Gasteiger partial charge in [0.2, 0.25) is 0 Å². The maximum absolute atomic E-state index is 12.2. The Bertz CT molecular complexity index is 939. The Labute approximate surface area is 190 Å². The number of carbonyl (C=O) groups is 1. The van der Waals surface area contributed by atoms with Gasteiger partial charge in [-0.2, -0.15) is 0 Å². The fraction of sp³-hybridized carbons (Fsp3) is 0.360. The molecule has 2 amide bonds. The van der Waals surface area contributed by atoms with Crippen molar-refractivity contribution in [3.63, 3.8) is 0 Å². The molecule has 1 aliphatic rings. The Kier molecular flexibility index (Phi) is 9.19. The van der Waals surface area contributed by atoms with Crippen molar-refractivity contribution in [3.05, 3.63) is 78.1 Å². The van der Waals surface area contributed by atoms with Crippen LogP contribution in [0.5, 0.6) is 0 Å². The molecule has 1 atom stereocenters. The number of hydrogen-bond acceptors (Lipinski definition) is 3. The van der Waals surface area contributed by atoms with Crippen molar-refractivity contribution in [1.82, 2.24) is 14.9 Å². The van der Waals surface area contributed by atoms with Crippen molar-refractivity contribution < 1.29 is 4.79 Å². The molecule has 3 aromatic rings. The summed E-state index contributed by atoms with van der Waals surface area (Å²) in [5.41, 5.74) is 3.02. The minimum Gasteiger partial charge on any atom is -0.332 e. The van der Waals surface area contributed by atoms with Crippen molar-refractivity contribution in [2.24, 2.45) is 0 Å². The van der Waals surface area contributed by atoms with Gasteiger partial charge in [-0.25, -0.2) is 9.78 Å². The van der Waals surface area contributed by atoms with Gasteiger partial charge in [0.15, 0.2) is 5.16 Å². The van der Waals surface area contributed by atoms with Crippen molar-refractivity contribution in [3.8, 4) is 0 Å². The summed E-state index contributed by atoms with van der Waals surface area (Å²) in [5, 5.41) is 6.78. The molecule has 5 nitrogen and oxygen atoms in total. The summed E-state index contributed by atoms with van der Waals surface area (Å²) in [5.74, 6) is 0. The fourth-order valence-electron chi connectivity index (χ4n) is 3.51. The molecule has 1 unspecified atom stereocenters. The predicted octanol–water partition coefficient (Wildman–Crippen LogP) is 6.73. The summed E-state index contributed by atoms with van der Waals surface area (Å²) >= 11 is 1.78. The zero-order valence-electron chi connectivity index (χ0n) is 19.3. The number of amides is 2. The Morgan fingerprint density at radius 3 is 2.19 bits per heavy atom. The largest absolute Gasteiger partial charge is 0.332 e. The molecule has 0 spiro atoms. The van der Waals surface area contributed by atoms with Crippen LogP contribution in [0.4, 0.5) is 10.5 Å². The maximum Gasteiger partial charge on any atom is 0.319 e. The van der Waals surface area contributed by atoms with E-state index in [1.165, 1.54) is 5.56 Å². The molecule has 4 rings (SSSR count). The molecule has 6 heteroatoms. The number of rotatable bonds is 4. The third kappa shape index (κ3) is 5.91. The molecular formula is C25H34N4OS. The summed E-state index contributed by atoms with van der Waals surface area (Å²) in [4.78, 5) is 16.8. The van der Waals surface area contributed by atoms with Gasteiger partial charge in [0.1, 0.15) is 0 Å². The van der Waals surface area contributed by atoms with Gasteiger partial charge in [0.05, 0.1) is 24.5 Å². The maximum atomic E-state index is 12.2. The van der Waals surface area contributed by atoms with Gasteiger partial charge in [0, 0.05) is 10.4 Å². The lowest BCUT2D eigenvalue weighted by atomic mass is 9.95. The lowest BCUT2D eigenvalue weighted by Crippen LogP contribution is -2.31. The number of urea groups is 1. The van der Waals surface area contributed by atoms with E-state index in [2.05, 4.69) is 58.3 Å². The summed E-state index contributed by atoms with van der Waals surface area (Å²) < 4.78 is 2.24. The minimum absolute atomic E-state index is 0.00794. The van der Waals surface area contributed by atoms with E-state index in [-0.39, 0.29) is 16.8 Å². The first-order valence-corrected chi connectivity index (χ1v) is 11.8. The second-order valence-electron chi connectivity index (χ2n) is 7.09. The van der Waals surface area contributed by atoms with E-state index in [1.54, 1.807) is 11.8 Å². The zero-order valence-corrected chi connectivity index (χ0v) is 20.2. The number of nitrogens with zero attached hydrogens (tertiary/aromatic N) is 2. The molecule has 0 aliphatic carbocycles. The molecule has 31 heavy (non-hydrogen) atoms. The Balaban J connectivity index is 0.000000807. The van der Waals surface area contributed by atoms with Gasteiger partial charge in [-0.15, -0.1) is 0 Å². The van der Waals surface area contributed by atoms with E-state index in [9.17, 15) is 4.79 Å². The lowest BCUT2D eigenvalue weighted by Gasteiger charge is -2.28. The molecule has 1 aliphatic heterocycles. The first-order chi connectivity index (χ1) is 15.0.